The topological polar surface area (TPSA) is 87.5 Å². The molecule has 2 fully saturated rings. The first-order chi connectivity index (χ1) is 7.68. The standard InChI is InChI=1S/C10H18N4O2/c11-9(15)7-1-4-14(6-7)10(16)8-5-12-2-3-13-8/h7-8,12-13H,1-6H2,(H2,11,15). The Morgan fingerprint density at radius 1 is 1.31 bits per heavy atom. The highest BCUT2D eigenvalue weighted by Crippen LogP contribution is 2.16. The molecule has 0 aromatic heterocycles. The summed E-state index contributed by atoms with van der Waals surface area (Å²) >= 11 is 0. The summed E-state index contributed by atoms with van der Waals surface area (Å²) in [6.45, 7) is 3.49. The van der Waals surface area contributed by atoms with Crippen molar-refractivity contribution in [3.05, 3.63) is 0 Å². The molecule has 2 heterocycles. The average Bonchev–Trinajstić information content (AvgIpc) is 2.78. The number of primary amides is 1. The maximum atomic E-state index is 12.0. The van der Waals surface area contributed by atoms with E-state index in [1.807, 2.05) is 0 Å². The Bertz CT molecular complexity index is 289. The van der Waals surface area contributed by atoms with Crippen molar-refractivity contribution in [2.45, 2.75) is 12.5 Å². The highest BCUT2D eigenvalue weighted by molar-refractivity contribution is 5.84. The number of carbonyl (C=O) groups is 2. The SMILES string of the molecule is NC(=O)C1CCN(C(=O)C2CNCCN2)C1. The van der Waals surface area contributed by atoms with Gasteiger partial charge in [0.25, 0.3) is 0 Å². The van der Waals surface area contributed by atoms with Crippen LogP contribution < -0.4 is 16.4 Å². The van der Waals surface area contributed by atoms with Crippen LogP contribution in [0.15, 0.2) is 0 Å². The molecule has 0 saturated carbocycles. The summed E-state index contributed by atoms with van der Waals surface area (Å²) in [4.78, 5) is 24.8. The highest BCUT2D eigenvalue weighted by Gasteiger charge is 2.33. The maximum Gasteiger partial charge on any atom is 0.241 e. The zero-order valence-corrected chi connectivity index (χ0v) is 9.24. The Kier molecular flexibility index (Phi) is 3.40. The number of hydrogen-bond donors (Lipinski definition) is 3. The first-order valence-corrected chi connectivity index (χ1v) is 5.70. The van der Waals surface area contributed by atoms with Gasteiger partial charge in [-0.3, -0.25) is 9.59 Å². The van der Waals surface area contributed by atoms with E-state index in [9.17, 15) is 9.59 Å². The van der Waals surface area contributed by atoms with E-state index in [1.54, 1.807) is 4.90 Å². The molecule has 2 aliphatic rings. The Hall–Kier alpha value is -1.14. The lowest BCUT2D eigenvalue weighted by Crippen LogP contribution is -2.56. The molecular formula is C10H18N4O2. The molecule has 2 unspecified atom stereocenters. The quantitative estimate of drug-likeness (QED) is 0.502. The summed E-state index contributed by atoms with van der Waals surface area (Å²) in [5.74, 6) is -0.388. The third-order valence-electron chi connectivity index (χ3n) is 3.24. The van der Waals surface area contributed by atoms with Gasteiger partial charge in [-0.25, -0.2) is 0 Å². The van der Waals surface area contributed by atoms with Gasteiger partial charge in [0.05, 0.1) is 12.0 Å². The van der Waals surface area contributed by atoms with Crippen molar-refractivity contribution in [1.82, 2.24) is 15.5 Å². The van der Waals surface area contributed by atoms with E-state index < -0.39 is 0 Å². The summed E-state index contributed by atoms with van der Waals surface area (Å²) in [6.07, 6.45) is 0.696. The molecule has 0 bridgehead atoms. The zero-order chi connectivity index (χ0) is 11.5. The predicted molar refractivity (Wildman–Crippen MR) is 58.5 cm³/mol. The number of rotatable bonds is 2. The van der Waals surface area contributed by atoms with Gasteiger partial charge >= 0.3 is 0 Å². The van der Waals surface area contributed by atoms with Crippen LogP contribution in [0.25, 0.3) is 0 Å². The van der Waals surface area contributed by atoms with Gasteiger partial charge in [-0.2, -0.15) is 0 Å². The van der Waals surface area contributed by atoms with E-state index >= 15 is 0 Å². The summed E-state index contributed by atoms with van der Waals surface area (Å²) in [5.41, 5.74) is 5.23. The number of piperazine rings is 1. The molecule has 0 aromatic carbocycles. The summed E-state index contributed by atoms with van der Waals surface area (Å²) in [5, 5.41) is 6.34. The fourth-order valence-electron chi connectivity index (χ4n) is 2.24. The van der Waals surface area contributed by atoms with Crippen LogP contribution in [0.2, 0.25) is 0 Å². The summed E-state index contributed by atoms with van der Waals surface area (Å²) in [7, 11) is 0. The summed E-state index contributed by atoms with van der Waals surface area (Å²) < 4.78 is 0. The average molecular weight is 226 g/mol. The minimum absolute atomic E-state index is 0.0796. The monoisotopic (exact) mass is 226 g/mol. The van der Waals surface area contributed by atoms with E-state index in [2.05, 4.69) is 10.6 Å². The van der Waals surface area contributed by atoms with E-state index in [0.717, 1.165) is 13.1 Å². The molecule has 0 radical (unpaired) electrons. The van der Waals surface area contributed by atoms with Crippen LogP contribution in [-0.4, -0.2) is 55.5 Å². The number of amides is 2. The second-order valence-corrected chi connectivity index (χ2v) is 4.38. The fourth-order valence-corrected chi connectivity index (χ4v) is 2.24. The van der Waals surface area contributed by atoms with Gasteiger partial charge in [-0.05, 0) is 6.42 Å². The molecule has 2 amide bonds. The number of nitrogens with zero attached hydrogens (tertiary/aromatic N) is 1. The molecule has 0 spiro atoms. The first kappa shape index (κ1) is 11.3. The molecule has 4 N–H and O–H groups in total. The van der Waals surface area contributed by atoms with Crippen LogP contribution in [0.1, 0.15) is 6.42 Å². The highest BCUT2D eigenvalue weighted by atomic mass is 16.2. The van der Waals surface area contributed by atoms with E-state index in [-0.39, 0.29) is 23.8 Å². The Labute approximate surface area is 94.5 Å². The molecule has 2 atom stereocenters. The van der Waals surface area contributed by atoms with Crippen molar-refractivity contribution in [2.24, 2.45) is 11.7 Å². The number of nitrogens with two attached hydrogens (primary N) is 1. The zero-order valence-electron chi connectivity index (χ0n) is 9.24. The van der Waals surface area contributed by atoms with Crippen molar-refractivity contribution in [3.8, 4) is 0 Å². The molecular weight excluding hydrogens is 208 g/mol. The van der Waals surface area contributed by atoms with Crippen molar-refractivity contribution in [3.63, 3.8) is 0 Å². The molecule has 6 heteroatoms. The molecule has 2 rings (SSSR count). The lowest BCUT2D eigenvalue weighted by molar-refractivity contribution is -0.132. The third-order valence-corrected chi connectivity index (χ3v) is 3.24. The van der Waals surface area contributed by atoms with Crippen molar-refractivity contribution < 1.29 is 9.59 Å². The number of carbonyl (C=O) groups excluding carboxylic acids is 2. The third kappa shape index (κ3) is 2.33. The molecule has 16 heavy (non-hydrogen) atoms. The lowest BCUT2D eigenvalue weighted by atomic mass is 10.1. The van der Waals surface area contributed by atoms with E-state index in [4.69, 9.17) is 5.73 Å². The fraction of sp³-hybridized carbons (Fsp3) is 0.800. The van der Waals surface area contributed by atoms with Crippen LogP contribution in [0.4, 0.5) is 0 Å². The second-order valence-electron chi connectivity index (χ2n) is 4.38. The molecule has 6 nitrogen and oxygen atoms in total. The molecule has 0 aliphatic carbocycles. The smallest absolute Gasteiger partial charge is 0.241 e. The first-order valence-electron chi connectivity index (χ1n) is 5.70. The van der Waals surface area contributed by atoms with E-state index in [1.165, 1.54) is 0 Å². The van der Waals surface area contributed by atoms with E-state index in [0.29, 0.717) is 26.1 Å². The largest absolute Gasteiger partial charge is 0.369 e. The number of nitrogens with one attached hydrogen (secondary N) is 2. The normalized spacial score (nSPS) is 30.4. The van der Waals surface area contributed by atoms with Crippen molar-refractivity contribution in [2.75, 3.05) is 32.7 Å². The van der Waals surface area contributed by atoms with Gasteiger partial charge < -0.3 is 21.3 Å². The minimum atomic E-state index is -0.301. The number of likely N-dealkylation sites (tertiary alicyclic amines) is 1. The molecule has 90 valence electrons. The van der Waals surface area contributed by atoms with Crippen LogP contribution in [0, 0.1) is 5.92 Å². The van der Waals surface area contributed by atoms with Gasteiger partial charge in [0.1, 0.15) is 0 Å². The van der Waals surface area contributed by atoms with Crippen LogP contribution >= 0.6 is 0 Å². The van der Waals surface area contributed by atoms with Gasteiger partial charge in [0, 0.05) is 32.7 Å². The van der Waals surface area contributed by atoms with Crippen LogP contribution in [0.3, 0.4) is 0 Å². The minimum Gasteiger partial charge on any atom is -0.369 e. The predicted octanol–water partition coefficient (Wildman–Crippen LogP) is -2.12. The summed E-state index contributed by atoms with van der Waals surface area (Å²) in [6, 6.07) is -0.152. The Morgan fingerprint density at radius 3 is 2.69 bits per heavy atom. The van der Waals surface area contributed by atoms with Crippen molar-refractivity contribution >= 4 is 11.8 Å². The molecule has 2 aliphatic heterocycles. The molecule has 0 aromatic rings. The van der Waals surface area contributed by atoms with Gasteiger partial charge in [-0.15, -0.1) is 0 Å². The number of hydrogen-bond acceptors (Lipinski definition) is 4. The van der Waals surface area contributed by atoms with Gasteiger partial charge in [0.15, 0.2) is 0 Å². The molecule has 2 saturated heterocycles. The van der Waals surface area contributed by atoms with Crippen LogP contribution in [0.5, 0.6) is 0 Å². The maximum absolute atomic E-state index is 12.0. The van der Waals surface area contributed by atoms with Crippen LogP contribution in [-0.2, 0) is 9.59 Å². The Balaban J connectivity index is 1.88. The Morgan fingerprint density at radius 2 is 2.12 bits per heavy atom. The van der Waals surface area contributed by atoms with Crippen molar-refractivity contribution in [1.29, 1.82) is 0 Å². The second kappa shape index (κ2) is 4.80. The lowest BCUT2D eigenvalue weighted by Gasteiger charge is -2.27. The van der Waals surface area contributed by atoms with Gasteiger partial charge in [0.2, 0.25) is 11.8 Å². The van der Waals surface area contributed by atoms with Gasteiger partial charge in [-0.1, -0.05) is 0 Å².